The number of nitrogens with zero attached hydrogens (tertiary/aromatic N) is 4. The van der Waals surface area contributed by atoms with Crippen LogP contribution in [0.3, 0.4) is 0 Å². The van der Waals surface area contributed by atoms with Crippen LogP contribution in [0.4, 0.5) is 0 Å². The molecule has 2 heterocycles. The minimum atomic E-state index is -0.0886. The van der Waals surface area contributed by atoms with Crippen LogP contribution in [0.2, 0.25) is 0 Å². The molecule has 0 aromatic heterocycles. The fraction of sp³-hybridized carbons (Fsp3) is 0.667. The molecule has 0 aliphatic carbocycles. The van der Waals surface area contributed by atoms with Crippen LogP contribution in [0.5, 0.6) is 0 Å². The van der Waals surface area contributed by atoms with Crippen LogP contribution in [0.25, 0.3) is 0 Å². The van der Waals surface area contributed by atoms with Gasteiger partial charge in [0.05, 0.1) is 12.5 Å². The first-order valence-corrected chi connectivity index (χ1v) is 11.7. The molecule has 1 aromatic carbocycles. The van der Waals surface area contributed by atoms with Gasteiger partial charge in [-0.05, 0) is 57.5 Å². The number of hydrogen-bond acceptors (Lipinski definition) is 5. The summed E-state index contributed by atoms with van der Waals surface area (Å²) in [4.78, 5) is 23.7. The molecule has 172 valence electrons. The Kier molecular flexibility index (Phi) is 9.15. The molecule has 3 rings (SSSR count). The molecule has 1 aromatic rings. The molecule has 1 atom stereocenters. The van der Waals surface area contributed by atoms with Gasteiger partial charge in [0.2, 0.25) is 0 Å². The number of nitrogens with one attached hydrogen (secondary N) is 1. The summed E-state index contributed by atoms with van der Waals surface area (Å²) in [7, 11) is 4.01. The SMILES string of the molecule is CCOC(=O)C1CCCN(C(=NC)NCc2ccc(CN3CCCN(C)CC3)cc2)C1. The standard InChI is InChI=1S/C24H39N5O2/c1-4-31-23(30)22-7-5-14-29(19-22)24(25-2)26-17-20-8-10-21(11-9-20)18-28-13-6-12-27(3)15-16-28/h8-11,22H,4-7,12-19H2,1-3H3,(H,25,26). The van der Waals surface area contributed by atoms with E-state index in [9.17, 15) is 4.79 Å². The van der Waals surface area contributed by atoms with Gasteiger partial charge >= 0.3 is 5.97 Å². The van der Waals surface area contributed by atoms with Crippen molar-refractivity contribution in [2.75, 3.05) is 60.0 Å². The molecule has 7 nitrogen and oxygen atoms in total. The molecule has 0 amide bonds. The summed E-state index contributed by atoms with van der Waals surface area (Å²) >= 11 is 0. The van der Waals surface area contributed by atoms with Gasteiger partial charge in [0.15, 0.2) is 5.96 Å². The number of esters is 1. The van der Waals surface area contributed by atoms with Crippen LogP contribution in [0.1, 0.15) is 37.3 Å². The van der Waals surface area contributed by atoms with E-state index < -0.39 is 0 Å². The topological polar surface area (TPSA) is 60.4 Å². The normalized spacial score (nSPS) is 21.6. The zero-order valence-corrected chi connectivity index (χ0v) is 19.5. The highest BCUT2D eigenvalue weighted by atomic mass is 16.5. The van der Waals surface area contributed by atoms with Gasteiger partial charge in [-0.3, -0.25) is 14.7 Å². The Morgan fingerprint density at radius 2 is 1.87 bits per heavy atom. The zero-order valence-electron chi connectivity index (χ0n) is 19.5. The number of benzene rings is 1. The fourth-order valence-corrected chi connectivity index (χ4v) is 4.41. The van der Waals surface area contributed by atoms with Crippen molar-refractivity contribution in [2.45, 2.75) is 39.3 Å². The Morgan fingerprint density at radius 3 is 2.61 bits per heavy atom. The predicted octanol–water partition coefficient (Wildman–Crippen LogP) is 2.17. The molecule has 0 radical (unpaired) electrons. The molecule has 2 fully saturated rings. The van der Waals surface area contributed by atoms with E-state index >= 15 is 0 Å². The fourth-order valence-electron chi connectivity index (χ4n) is 4.41. The van der Waals surface area contributed by atoms with E-state index in [2.05, 4.69) is 56.3 Å². The summed E-state index contributed by atoms with van der Waals surface area (Å²) in [6.45, 7) is 10.3. The third kappa shape index (κ3) is 7.21. The molecular formula is C24H39N5O2. The van der Waals surface area contributed by atoms with Crippen molar-refractivity contribution in [1.29, 1.82) is 0 Å². The molecule has 0 bridgehead atoms. The second kappa shape index (κ2) is 12.1. The van der Waals surface area contributed by atoms with Gasteiger partial charge in [-0.25, -0.2) is 0 Å². The summed E-state index contributed by atoms with van der Waals surface area (Å²) in [5, 5.41) is 3.47. The van der Waals surface area contributed by atoms with Gasteiger partial charge in [-0.15, -0.1) is 0 Å². The number of rotatable bonds is 6. The summed E-state index contributed by atoms with van der Waals surface area (Å²) < 4.78 is 5.22. The lowest BCUT2D eigenvalue weighted by atomic mass is 9.98. The highest BCUT2D eigenvalue weighted by Gasteiger charge is 2.28. The van der Waals surface area contributed by atoms with E-state index in [1.54, 1.807) is 7.05 Å². The highest BCUT2D eigenvalue weighted by Crippen LogP contribution is 2.18. The smallest absolute Gasteiger partial charge is 0.310 e. The van der Waals surface area contributed by atoms with Crippen molar-refractivity contribution in [3.8, 4) is 0 Å². The Labute approximate surface area is 187 Å². The lowest BCUT2D eigenvalue weighted by Crippen LogP contribution is -2.48. The van der Waals surface area contributed by atoms with Crippen LogP contribution in [-0.2, 0) is 22.6 Å². The van der Waals surface area contributed by atoms with Gasteiger partial charge in [0, 0.05) is 46.3 Å². The summed E-state index contributed by atoms with van der Waals surface area (Å²) in [5.41, 5.74) is 2.60. The lowest BCUT2D eigenvalue weighted by Gasteiger charge is -2.34. The Bertz CT molecular complexity index is 721. The summed E-state index contributed by atoms with van der Waals surface area (Å²) in [5.74, 6) is 0.700. The van der Waals surface area contributed by atoms with Gasteiger partial charge in [-0.2, -0.15) is 0 Å². The minimum Gasteiger partial charge on any atom is -0.466 e. The maximum absolute atomic E-state index is 12.1. The molecule has 2 saturated heterocycles. The number of carbonyl (C=O) groups excluding carboxylic acids is 1. The number of guanidine groups is 1. The second-order valence-electron chi connectivity index (χ2n) is 8.69. The van der Waals surface area contributed by atoms with Crippen molar-refractivity contribution in [3.05, 3.63) is 35.4 Å². The molecule has 1 N–H and O–H groups in total. The van der Waals surface area contributed by atoms with Crippen LogP contribution in [-0.4, -0.2) is 86.6 Å². The molecular weight excluding hydrogens is 390 g/mol. The van der Waals surface area contributed by atoms with Crippen molar-refractivity contribution < 1.29 is 9.53 Å². The number of piperidine rings is 1. The maximum Gasteiger partial charge on any atom is 0.310 e. The third-order valence-corrected chi connectivity index (χ3v) is 6.24. The lowest BCUT2D eigenvalue weighted by molar-refractivity contribution is -0.149. The van der Waals surface area contributed by atoms with E-state index in [0.717, 1.165) is 51.5 Å². The Hall–Kier alpha value is -2.12. The van der Waals surface area contributed by atoms with E-state index in [1.807, 2.05) is 6.92 Å². The number of carbonyl (C=O) groups is 1. The average molecular weight is 430 g/mol. The number of aliphatic imine (C=N–C) groups is 1. The van der Waals surface area contributed by atoms with Gasteiger partial charge < -0.3 is 19.9 Å². The number of hydrogen-bond donors (Lipinski definition) is 1. The van der Waals surface area contributed by atoms with Gasteiger partial charge in [0.1, 0.15) is 0 Å². The molecule has 1 unspecified atom stereocenters. The van der Waals surface area contributed by atoms with Gasteiger partial charge in [0.25, 0.3) is 0 Å². The molecule has 0 saturated carbocycles. The van der Waals surface area contributed by atoms with Crippen molar-refractivity contribution >= 4 is 11.9 Å². The Balaban J connectivity index is 1.48. The first-order chi connectivity index (χ1) is 15.1. The van der Waals surface area contributed by atoms with Gasteiger partial charge in [-0.1, -0.05) is 24.3 Å². The van der Waals surface area contributed by atoms with E-state index in [4.69, 9.17) is 4.74 Å². The third-order valence-electron chi connectivity index (χ3n) is 6.24. The second-order valence-corrected chi connectivity index (χ2v) is 8.69. The molecule has 31 heavy (non-hydrogen) atoms. The summed E-state index contributed by atoms with van der Waals surface area (Å²) in [6, 6.07) is 8.90. The van der Waals surface area contributed by atoms with E-state index in [0.29, 0.717) is 13.2 Å². The Morgan fingerprint density at radius 1 is 1.10 bits per heavy atom. The van der Waals surface area contributed by atoms with Crippen LogP contribution >= 0.6 is 0 Å². The van der Waals surface area contributed by atoms with Crippen molar-refractivity contribution in [3.63, 3.8) is 0 Å². The van der Waals surface area contributed by atoms with Crippen LogP contribution < -0.4 is 5.32 Å². The minimum absolute atomic E-state index is 0.0645. The molecule has 0 spiro atoms. The highest BCUT2D eigenvalue weighted by molar-refractivity contribution is 5.81. The quantitative estimate of drug-likeness (QED) is 0.425. The van der Waals surface area contributed by atoms with Crippen molar-refractivity contribution in [2.24, 2.45) is 10.9 Å². The van der Waals surface area contributed by atoms with E-state index in [1.165, 1.54) is 30.6 Å². The van der Waals surface area contributed by atoms with Crippen molar-refractivity contribution in [1.82, 2.24) is 20.0 Å². The zero-order chi connectivity index (χ0) is 22.1. The monoisotopic (exact) mass is 429 g/mol. The maximum atomic E-state index is 12.1. The summed E-state index contributed by atoms with van der Waals surface area (Å²) in [6.07, 6.45) is 3.11. The van der Waals surface area contributed by atoms with Crippen LogP contribution in [0.15, 0.2) is 29.3 Å². The number of ether oxygens (including phenoxy) is 1. The number of likely N-dealkylation sites (N-methyl/N-ethyl adjacent to an activating group) is 1. The largest absolute Gasteiger partial charge is 0.466 e. The first kappa shape index (κ1) is 23.5. The predicted molar refractivity (Wildman–Crippen MR) is 125 cm³/mol. The average Bonchev–Trinajstić information content (AvgIpc) is 2.99. The number of likely N-dealkylation sites (tertiary alicyclic amines) is 1. The molecule has 2 aliphatic rings. The van der Waals surface area contributed by atoms with E-state index in [-0.39, 0.29) is 11.9 Å². The molecule has 2 aliphatic heterocycles. The first-order valence-electron chi connectivity index (χ1n) is 11.7. The van der Waals surface area contributed by atoms with Crippen LogP contribution in [0, 0.1) is 5.92 Å². The molecule has 7 heteroatoms.